The molecule has 0 aliphatic rings. The molecule has 2 N–H and O–H groups in total. The molecule has 3 aromatic rings. The summed E-state index contributed by atoms with van der Waals surface area (Å²) in [5.74, 6) is -0.271. The summed E-state index contributed by atoms with van der Waals surface area (Å²) in [6.07, 6.45) is -3.82. The van der Waals surface area contributed by atoms with Gasteiger partial charge in [-0.2, -0.15) is 18.2 Å². The highest BCUT2D eigenvalue weighted by Gasteiger charge is 2.31. The van der Waals surface area contributed by atoms with E-state index in [4.69, 9.17) is 4.42 Å². The number of amides is 1. The van der Waals surface area contributed by atoms with Crippen LogP contribution >= 0.6 is 0 Å². The standard InChI is InChI=1S/C15H11F3N4O2/c1-19-13(23)8-3-2-4-10(5-8)21-14-22-12-11(24-14)6-9(7-20-12)15(16,17)18/h2-7H,1H3,(H,19,23)(H,20,21,22). The highest BCUT2D eigenvalue weighted by Crippen LogP contribution is 2.31. The normalized spacial score (nSPS) is 11.5. The zero-order valence-electron chi connectivity index (χ0n) is 12.3. The summed E-state index contributed by atoms with van der Waals surface area (Å²) < 4.78 is 43.3. The molecule has 0 fully saturated rings. The molecule has 9 heteroatoms. The van der Waals surface area contributed by atoms with Crippen molar-refractivity contribution >= 4 is 28.8 Å². The summed E-state index contributed by atoms with van der Waals surface area (Å²) in [7, 11) is 1.51. The van der Waals surface area contributed by atoms with Crippen LogP contribution in [0.3, 0.4) is 0 Å². The third-order valence-electron chi connectivity index (χ3n) is 3.18. The minimum absolute atomic E-state index is 0.0223. The van der Waals surface area contributed by atoms with E-state index < -0.39 is 11.7 Å². The van der Waals surface area contributed by atoms with Crippen molar-refractivity contribution in [2.45, 2.75) is 6.18 Å². The third-order valence-corrected chi connectivity index (χ3v) is 3.18. The monoisotopic (exact) mass is 336 g/mol. The fourth-order valence-corrected chi connectivity index (χ4v) is 2.03. The second-order valence-electron chi connectivity index (χ2n) is 4.85. The smallest absolute Gasteiger partial charge is 0.418 e. The molecule has 0 aliphatic carbocycles. The van der Waals surface area contributed by atoms with E-state index in [2.05, 4.69) is 20.6 Å². The first-order valence-corrected chi connectivity index (χ1v) is 6.80. The maximum Gasteiger partial charge on any atom is 0.418 e. The molecule has 2 aromatic heterocycles. The first-order valence-electron chi connectivity index (χ1n) is 6.80. The number of anilines is 2. The van der Waals surface area contributed by atoms with Gasteiger partial charge in [0.2, 0.25) is 5.65 Å². The minimum Gasteiger partial charge on any atom is -0.422 e. The Morgan fingerprint density at radius 1 is 1.25 bits per heavy atom. The Morgan fingerprint density at radius 3 is 2.75 bits per heavy atom. The zero-order chi connectivity index (χ0) is 17.3. The van der Waals surface area contributed by atoms with Crippen molar-refractivity contribution in [3.05, 3.63) is 47.7 Å². The third kappa shape index (κ3) is 3.14. The minimum atomic E-state index is -4.51. The van der Waals surface area contributed by atoms with Gasteiger partial charge in [0.05, 0.1) is 5.56 Å². The van der Waals surface area contributed by atoms with Crippen LogP contribution < -0.4 is 10.6 Å². The fraction of sp³-hybridized carbons (Fsp3) is 0.133. The maximum atomic E-state index is 12.7. The van der Waals surface area contributed by atoms with Crippen LogP contribution in [0.15, 0.2) is 40.9 Å². The van der Waals surface area contributed by atoms with Gasteiger partial charge in [0, 0.05) is 24.5 Å². The molecule has 0 atom stereocenters. The van der Waals surface area contributed by atoms with Crippen molar-refractivity contribution in [2.24, 2.45) is 0 Å². The molecule has 24 heavy (non-hydrogen) atoms. The van der Waals surface area contributed by atoms with Gasteiger partial charge in [-0.05, 0) is 24.3 Å². The molecule has 1 amide bonds. The number of hydrogen-bond donors (Lipinski definition) is 2. The average molecular weight is 336 g/mol. The summed E-state index contributed by atoms with van der Waals surface area (Å²) in [6, 6.07) is 7.30. The lowest BCUT2D eigenvalue weighted by atomic mass is 10.2. The second-order valence-corrected chi connectivity index (χ2v) is 4.85. The van der Waals surface area contributed by atoms with Crippen molar-refractivity contribution in [1.82, 2.24) is 15.3 Å². The van der Waals surface area contributed by atoms with Gasteiger partial charge in [0.15, 0.2) is 5.58 Å². The predicted molar refractivity (Wildman–Crippen MR) is 79.9 cm³/mol. The molecule has 0 unspecified atom stereocenters. The van der Waals surface area contributed by atoms with E-state index in [1.807, 2.05) is 0 Å². The van der Waals surface area contributed by atoms with Crippen molar-refractivity contribution < 1.29 is 22.4 Å². The SMILES string of the molecule is CNC(=O)c1cccc(Nc2nc3ncc(C(F)(F)F)cc3o2)c1. The van der Waals surface area contributed by atoms with Gasteiger partial charge in [-0.1, -0.05) is 6.07 Å². The van der Waals surface area contributed by atoms with E-state index in [0.29, 0.717) is 17.4 Å². The number of alkyl halides is 3. The average Bonchev–Trinajstić information content (AvgIpc) is 2.94. The summed E-state index contributed by atoms with van der Waals surface area (Å²) in [4.78, 5) is 19.2. The summed E-state index contributed by atoms with van der Waals surface area (Å²) in [5, 5.41) is 5.28. The van der Waals surface area contributed by atoms with Crippen LogP contribution in [0.25, 0.3) is 11.2 Å². The number of benzene rings is 1. The van der Waals surface area contributed by atoms with E-state index >= 15 is 0 Å². The lowest BCUT2D eigenvalue weighted by molar-refractivity contribution is -0.137. The second kappa shape index (κ2) is 5.84. The molecule has 2 heterocycles. The molecule has 124 valence electrons. The number of halogens is 3. The molecule has 1 aromatic carbocycles. The summed E-state index contributed by atoms with van der Waals surface area (Å²) >= 11 is 0. The van der Waals surface area contributed by atoms with Gasteiger partial charge in [-0.15, -0.1) is 0 Å². The molecule has 0 saturated heterocycles. The van der Waals surface area contributed by atoms with Crippen LogP contribution in [0.1, 0.15) is 15.9 Å². The quantitative estimate of drug-likeness (QED) is 0.767. The van der Waals surface area contributed by atoms with Gasteiger partial charge in [0.25, 0.3) is 5.91 Å². The Morgan fingerprint density at radius 2 is 2.04 bits per heavy atom. The fourth-order valence-electron chi connectivity index (χ4n) is 2.03. The molecule has 0 radical (unpaired) electrons. The van der Waals surface area contributed by atoms with E-state index in [1.54, 1.807) is 24.3 Å². The highest BCUT2D eigenvalue weighted by molar-refractivity contribution is 5.95. The molecule has 0 bridgehead atoms. The van der Waals surface area contributed by atoms with Crippen LogP contribution in [0.5, 0.6) is 0 Å². The van der Waals surface area contributed by atoms with Crippen LogP contribution in [0.4, 0.5) is 24.9 Å². The Labute approximate surface area is 133 Å². The van der Waals surface area contributed by atoms with Crippen molar-refractivity contribution in [3.8, 4) is 0 Å². The number of oxazole rings is 1. The first kappa shape index (κ1) is 15.8. The Kier molecular flexibility index (Phi) is 3.84. The predicted octanol–water partition coefficient (Wildman–Crippen LogP) is 3.34. The van der Waals surface area contributed by atoms with Gasteiger partial charge in [-0.3, -0.25) is 4.79 Å². The van der Waals surface area contributed by atoms with Crippen LogP contribution in [-0.2, 0) is 6.18 Å². The maximum absolute atomic E-state index is 12.7. The Hall–Kier alpha value is -3.10. The molecular weight excluding hydrogens is 325 g/mol. The van der Waals surface area contributed by atoms with Gasteiger partial charge in [0.1, 0.15) is 0 Å². The lowest BCUT2D eigenvalue weighted by Gasteiger charge is -2.04. The largest absolute Gasteiger partial charge is 0.422 e. The highest BCUT2D eigenvalue weighted by atomic mass is 19.4. The van der Waals surface area contributed by atoms with Crippen LogP contribution in [0.2, 0.25) is 0 Å². The summed E-state index contributed by atoms with van der Waals surface area (Å²) in [6.45, 7) is 0. The number of rotatable bonds is 3. The molecule has 3 rings (SSSR count). The van der Waals surface area contributed by atoms with Gasteiger partial charge >= 0.3 is 12.2 Å². The molecule has 0 saturated carbocycles. The van der Waals surface area contributed by atoms with E-state index in [-0.39, 0.29) is 23.2 Å². The lowest BCUT2D eigenvalue weighted by Crippen LogP contribution is -2.17. The molecule has 0 aliphatic heterocycles. The molecular formula is C15H11F3N4O2. The summed E-state index contributed by atoms with van der Waals surface area (Å²) in [5.41, 5.74) is -0.0446. The number of carbonyl (C=O) groups excluding carboxylic acids is 1. The number of hydrogen-bond acceptors (Lipinski definition) is 5. The Balaban J connectivity index is 1.89. The number of fused-ring (bicyclic) bond motifs is 1. The van der Waals surface area contributed by atoms with Gasteiger partial charge < -0.3 is 15.1 Å². The first-order chi connectivity index (χ1) is 11.4. The van der Waals surface area contributed by atoms with E-state index in [1.165, 1.54) is 7.05 Å². The van der Waals surface area contributed by atoms with Crippen LogP contribution in [0, 0.1) is 0 Å². The number of nitrogens with zero attached hydrogens (tertiary/aromatic N) is 2. The number of aromatic nitrogens is 2. The van der Waals surface area contributed by atoms with Crippen LogP contribution in [-0.4, -0.2) is 22.9 Å². The number of pyridine rings is 1. The molecule has 6 nitrogen and oxygen atoms in total. The Bertz CT molecular complexity index is 905. The van der Waals surface area contributed by atoms with Crippen molar-refractivity contribution in [3.63, 3.8) is 0 Å². The topological polar surface area (TPSA) is 80.0 Å². The van der Waals surface area contributed by atoms with Gasteiger partial charge in [-0.25, -0.2) is 4.98 Å². The molecule has 0 spiro atoms. The number of carbonyl (C=O) groups is 1. The van der Waals surface area contributed by atoms with E-state index in [0.717, 1.165) is 6.07 Å². The van der Waals surface area contributed by atoms with Crippen molar-refractivity contribution in [2.75, 3.05) is 12.4 Å². The van der Waals surface area contributed by atoms with E-state index in [9.17, 15) is 18.0 Å². The van der Waals surface area contributed by atoms with Crippen molar-refractivity contribution in [1.29, 1.82) is 0 Å². The number of nitrogens with one attached hydrogen (secondary N) is 2. The zero-order valence-corrected chi connectivity index (χ0v) is 12.3.